The first-order valence-corrected chi connectivity index (χ1v) is 8.49. The SMILES string of the molecule is Cc1cccc(S(=O)(=O)N(C)C2CCCCC2Cl)c1. The summed E-state index contributed by atoms with van der Waals surface area (Å²) in [6, 6.07) is 6.92. The van der Waals surface area contributed by atoms with Crippen LogP contribution in [0.5, 0.6) is 0 Å². The molecule has 5 heteroatoms. The number of nitrogens with zero attached hydrogens (tertiary/aromatic N) is 1. The lowest BCUT2D eigenvalue weighted by atomic mass is 9.95. The Labute approximate surface area is 120 Å². The third kappa shape index (κ3) is 3.12. The van der Waals surface area contributed by atoms with Crippen LogP contribution in [0.2, 0.25) is 0 Å². The molecule has 0 bridgehead atoms. The van der Waals surface area contributed by atoms with Gasteiger partial charge in [-0.15, -0.1) is 11.6 Å². The fourth-order valence-electron chi connectivity index (χ4n) is 2.60. The molecule has 0 saturated heterocycles. The van der Waals surface area contributed by atoms with Crippen molar-refractivity contribution < 1.29 is 8.42 Å². The fraction of sp³-hybridized carbons (Fsp3) is 0.571. The molecule has 1 aliphatic rings. The summed E-state index contributed by atoms with van der Waals surface area (Å²) in [6.07, 6.45) is 3.86. The van der Waals surface area contributed by atoms with Gasteiger partial charge < -0.3 is 0 Å². The first kappa shape index (κ1) is 14.8. The van der Waals surface area contributed by atoms with Crippen molar-refractivity contribution in [3.63, 3.8) is 0 Å². The first-order chi connectivity index (χ1) is 8.93. The van der Waals surface area contributed by atoms with Gasteiger partial charge in [0.05, 0.1) is 10.3 Å². The van der Waals surface area contributed by atoms with E-state index >= 15 is 0 Å². The zero-order chi connectivity index (χ0) is 14.0. The second kappa shape index (κ2) is 5.81. The summed E-state index contributed by atoms with van der Waals surface area (Å²) in [5.41, 5.74) is 0.945. The maximum Gasteiger partial charge on any atom is 0.243 e. The van der Waals surface area contributed by atoms with E-state index in [9.17, 15) is 8.42 Å². The van der Waals surface area contributed by atoms with E-state index in [1.807, 2.05) is 13.0 Å². The molecule has 2 rings (SSSR count). The molecule has 1 saturated carbocycles. The molecule has 0 heterocycles. The highest BCUT2D eigenvalue weighted by molar-refractivity contribution is 7.89. The molecule has 0 amide bonds. The fourth-order valence-corrected chi connectivity index (χ4v) is 4.64. The van der Waals surface area contributed by atoms with Crippen LogP contribution in [0.3, 0.4) is 0 Å². The van der Waals surface area contributed by atoms with Gasteiger partial charge in [-0.25, -0.2) is 8.42 Å². The lowest BCUT2D eigenvalue weighted by Gasteiger charge is -2.34. The molecule has 2 atom stereocenters. The molecule has 0 radical (unpaired) electrons. The molecule has 1 aliphatic carbocycles. The number of hydrogen-bond donors (Lipinski definition) is 0. The van der Waals surface area contributed by atoms with Crippen molar-refractivity contribution >= 4 is 21.6 Å². The van der Waals surface area contributed by atoms with E-state index in [4.69, 9.17) is 11.6 Å². The van der Waals surface area contributed by atoms with E-state index in [-0.39, 0.29) is 11.4 Å². The van der Waals surface area contributed by atoms with Crippen molar-refractivity contribution in [1.29, 1.82) is 0 Å². The van der Waals surface area contributed by atoms with Crippen LogP contribution in [-0.2, 0) is 10.0 Å². The van der Waals surface area contributed by atoms with E-state index < -0.39 is 10.0 Å². The Balaban J connectivity index is 2.28. The Morgan fingerprint density at radius 2 is 1.95 bits per heavy atom. The van der Waals surface area contributed by atoms with Crippen LogP contribution in [-0.4, -0.2) is 31.2 Å². The molecule has 1 fully saturated rings. The Kier molecular flexibility index (Phi) is 4.54. The summed E-state index contributed by atoms with van der Waals surface area (Å²) in [7, 11) is -1.80. The van der Waals surface area contributed by atoms with Gasteiger partial charge in [0.15, 0.2) is 0 Å². The van der Waals surface area contributed by atoms with Crippen molar-refractivity contribution in [3.05, 3.63) is 29.8 Å². The van der Waals surface area contributed by atoms with Crippen LogP contribution < -0.4 is 0 Å². The van der Waals surface area contributed by atoms with Gasteiger partial charge in [-0.05, 0) is 37.5 Å². The van der Waals surface area contributed by atoms with Gasteiger partial charge >= 0.3 is 0 Å². The van der Waals surface area contributed by atoms with Gasteiger partial charge in [-0.2, -0.15) is 4.31 Å². The standard InChI is InChI=1S/C14H20ClNO2S/c1-11-6-5-7-12(10-11)19(17,18)16(2)14-9-4-3-8-13(14)15/h5-7,10,13-14H,3-4,8-9H2,1-2H3. The number of alkyl halides is 1. The molecule has 0 aromatic heterocycles. The zero-order valence-corrected chi connectivity index (χ0v) is 12.9. The molecule has 3 nitrogen and oxygen atoms in total. The molecule has 1 aromatic carbocycles. The molecule has 19 heavy (non-hydrogen) atoms. The second-order valence-corrected chi connectivity index (χ2v) is 7.76. The highest BCUT2D eigenvalue weighted by atomic mass is 35.5. The molecular formula is C14H20ClNO2S. The lowest BCUT2D eigenvalue weighted by Crippen LogP contribution is -2.44. The van der Waals surface area contributed by atoms with E-state index in [0.717, 1.165) is 31.2 Å². The summed E-state index contributed by atoms with van der Waals surface area (Å²) in [5.74, 6) is 0. The molecule has 0 N–H and O–H groups in total. The quantitative estimate of drug-likeness (QED) is 0.804. The van der Waals surface area contributed by atoms with Gasteiger partial charge in [0.2, 0.25) is 10.0 Å². The van der Waals surface area contributed by atoms with Crippen molar-refractivity contribution in [1.82, 2.24) is 4.31 Å². The van der Waals surface area contributed by atoms with Gasteiger partial charge in [0, 0.05) is 13.1 Å². The van der Waals surface area contributed by atoms with Crippen LogP contribution in [0.25, 0.3) is 0 Å². The van der Waals surface area contributed by atoms with Crippen molar-refractivity contribution in [2.75, 3.05) is 7.05 Å². The van der Waals surface area contributed by atoms with Gasteiger partial charge in [-0.3, -0.25) is 0 Å². The number of aryl methyl sites for hydroxylation is 1. The summed E-state index contributed by atoms with van der Waals surface area (Å²) in [5, 5.41) is -0.0849. The predicted molar refractivity (Wildman–Crippen MR) is 78.0 cm³/mol. The van der Waals surface area contributed by atoms with Crippen LogP contribution >= 0.6 is 11.6 Å². The Hall–Kier alpha value is -0.580. The van der Waals surface area contributed by atoms with Crippen LogP contribution in [0.1, 0.15) is 31.2 Å². The molecule has 106 valence electrons. The minimum absolute atomic E-state index is 0.0849. The monoisotopic (exact) mass is 301 g/mol. The molecule has 0 spiro atoms. The normalized spacial score (nSPS) is 24.6. The van der Waals surface area contributed by atoms with Crippen LogP contribution in [0.15, 0.2) is 29.2 Å². The number of sulfonamides is 1. The number of benzene rings is 1. The maximum atomic E-state index is 12.6. The lowest BCUT2D eigenvalue weighted by molar-refractivity contribution is 0.291. The topological polar surface area (TPSA) is 37.4 Å². The Morgan fingerprint density at radius 1 is 1.26 bits per heavy atom. The Bertz CT molecular complexity index is 544. The Morgan fingerprint density at radius 3 is 2.58 bits per heavy atom. The first-order valence-electron chi connectivity index (χ1n) is 6.61. The predicted octanol–water partition coefficient (Wildman–Crippen LogP) is 3.17. The van der Waals surface area contributed by atoms with Crippen LogP contribution in [0.4, 0.5) is 0 Å². The molecule has 0 aliphatic heterocycles. The summed E-state index contributed by atoms with van der Waals surface area (Å²) < 4.78 is 26.6. The van der Waals surface area contributed by atoms with Crippen molar-refractivity contribution in [3.8, 4) is 0 Å². The minimum atomic E-state index is -3.45. The third-order valence-corrected chi connectivity index (χ3v) is 6.17. The van der Waals surface area contributed by atoms with Crippen molar-refractivity contribution in [2.24, 2.45) is 0 Å². The van der Waals surface area contributed by atoms with Gasteiger partial charge in [0.25, 0.3) is 0 Å². The largest absolute Gasteiger partial charge is 0.243 e. The number of rotatable bonds is 3. The summed E-state index contributed by atoms with van der Waals surface area (Å²) in [6.45, 7) is 1.89. The second-order valence-electron chi connectivity index (χ2n) is 5.21. The van der Waals surface area contributed by atoms with E-state index in [2.05, 4.69) is 0 Å². The van der Waals surface area contributed by atoms with E-state index in [1.165, 1.54) is 4.31 Å². The number of hydrogen-bond acceptors (Lipinski definition) is 2. The maximum absolute atomic E-state index is 12.6. The van der Waals surface area contributed by atoms with Crippen LogP contribution in [0, 0.1) is 6.92 Å². The summed E-state index contributed by atoms with van der Waals surface area (Å²) in [4.78, 5) is 0.351. The molecule has 2 unspecified atom stereocenters. The molecule has 1 aromatic rings. The van der Waals surface area contributed by atoms with E-state index in [0.29, 0.717) is 4.90 Å². The average Bonchev–Trinajstić information content (AvgIpc) is 2.38. The molecular weight excluding hydrogens is 282 g/mol. The highest BCUT2D eigenvalue weighted by Gasteiger charge is 2.34. The highest BCUT2D eigenvalue weighted by Crippen LogP contribution is 2.30. The third-order valence-electron chi connectivity index (χ3n) is 3.78. The minimum Gasteiger partial charge on any atom is -0.207 e. The number of halogens is 1. The van der Waals surface area contributed by atoms with Crippen molar-refractivity contribution in [2.45, 2.75) is 48.9 Å². The smallest absolute Gasteiger partial charge is 0.207 e. The summed E-state index contributed by atoms with van der Waals surface area (Å²) >= 11 is 6.30. The van der Waals surface area contributed by atoms with Gasteiger partial charge in [0.1, 0.15) is 0 Å². The van der Waals surface area contributed by atoms with E-state index in [1.54, 1.807) is 25.2 Å². The van der Waals surface area contributed by atoms with Gasteiger partial charge in [-0.1, -0.05) is 25.0 Å². The zero-order valence-electron chi connectivity index (χ0n) is 11.3. The average molecular weight is 302 g/mol.